The first-order valence-electron chi connectivity index (χ1n) is 9.03. The van der Waals surface area contributed by atoms with Crippen LogP contribution in [0, 0.1) is 29.1 Å². The van der Waals surface area contributed by atoms with Crippen molar-refractivity contribution in [1.29, 1.82) is 0 Å². The summed E-state index contributed by atoms with van der Waals surface area (Å²) in [6.45, 7) is 9.12. The Morgan fingerprint density at radius 1 is 1.27 bits per heavy atom. The molecule has 0 bridgehead atoms. The number of methoxy groups -OCH3 is 1. The minimum absolute atomic E-state index is 0.0348. The third-order valence-electron chi connectivity index (χ3n) is 7.15. The van der Waals surface area contributed by atoms with Crippen molar-refractivity contribution in [3.8, 4) is 0 Å². The molecule has 124 valence electrons. The molecule has 3 aliphatic rings. The first kappa shape index (κ1) is 15.9. The Morgan fingerprint density at radius 2 is 2.00 bits per heavy atom. The predicted octanol–water partition coefficient (Wildman–Crippen LogP) is 4.32. The molecule has 1 heterocycles. The molecular weight excluding hydrogens is 276 g/mol. The van der Waals surface area contributed by atoms with Crippen molar-refractivity contribution in [3.05, 3.63) is 11.8 Å². The van der Waals surface area contributed by atoms with Crippen LogP contribution in [0.15, 0.2) is 11.8 Å². The minimum atomic E-state index is -0.278. The Hall–Kier alpha value is -0.990. The van der Waals surface area contributed by atoms with Gasteiger partial charge in [-0.1, -0.05) is 40.5 Å². The van der Waals surface area contributed by atoms with Crippen molar-refractivity contribution in [2.75, 3.05) is 7.11 Å². The van der Waals surface area contributed by atoms with Crippen molar-refractivity contribution >= 4 is 5.97 Å². The number of hydrogen-bond donors (Lipinski definition) is 0. The monoisotopic (exact) mass is 306 g/mol. The van der Waals surface area contributed by atoms with E-state index in [4.69, 9.17) is 9.47 Å². The molecule has 2 aliphatic carbocycles. The molecule has 3 nitrogen and oxygen atoms in total. The SMILES string of the molecule is CC[C@@H]1C[C@@]2(CC)O/C(=C\C(=O)OC)[C@@]3(CC)[C@H](CC)[C@@H]1[C@@H]23. The predicted molar refractivity (Wildman–Crippen MR) is 86.1 cm³/mol. The van der Waals surface area contributed by atoms with Gasteiger partial charge in [0.15, 0.2) is 0 Å². The smallest absolute Gasteiger partial charge is 0.333 e. The molecule has 2 saturated carbocycles. The zero-order valence-corrected chi connectivity index (χ0v) is 14.6. The fourth-order valence-electron chi connectivity index (χ4n) is 6.39. The van der Waals surface area contributed by atoms with Crippen LogP contribution in [0.2, 0.25) is 0 Å². The molecule has 0 aromatic rings. The highest BCUT2D eigenvalue weighted by Gasteiger charge is 2.78. The second-order valence-electron chi connectivity index (χ2n) is 7.39. The zero-order valence-electron chi connectivity index (χ0n) is 14.6. The Balaban J connectivity index is 2.07. The summed E-state index contributed by atoms with van der Waals surface area (Å²) < 4.78 is 11.4. The molecule has 0 unspecified atom stereocenters. The van der Waals surface area contributed by atoms with Gasteiger partial charge in [0.2, 0.25) is 0 Å². The lowest BCUT2D eigenvalue weighted by atomic mass is 9.43. The number of carbonyl (C=O) groups is 1. The van der Waals surface area contributed by atoms with Gasteiger partial charge >= 0.3 is 5.97 Å². The van der Waals surface area contributed by atoms with Crippen LogP contribution < -0.4 is 0 Å². The molecule has 22 heavy (non-hydrogen) atoms. The van der Waals surface area contributed by atoms with E-state index in [2.05, 4.69) is 27.7 Å². The largest absolute Gasteiger partial charge is 0.490 e. The van der Waals surface area contributed by atoms with E-state index >= 15 is 0 Å². The molecule has 0 radical (unpaired) electrons. The van der Waals surface area contributed by atoms with Crippen LogP contribution in [0.25, 0.3) is 0 Å². The summed E-state index contributed by atoms with van der Waals surface area (Å²) in [5, 5.41) is 0. The van der Waals surface area contributed by atoms with Gasteiger partial charge in [0, 0.05) is 11.3 Å². The van der Waals surface area contributed by atoms with Crippen LogP contribution >= 0.6 is 0 Å². The van der Waals surface area contributed by atoms with E-state index < -0.39 is 0 Å². The Kier molecular flexibility index (Phi) is 3.81. The number of esters is 1. The average molecular weight is 306 g/mol. The third-order valence-corrected chi connectivity index (χ3v) is 7.15. The number of rotatable bonds is 5. The summed E-state index contributed by atoms with van der Waals surface area (Å²) in [6, 6.07) is 0. The molecule has 1 saturated heterocycles. The van der Waals surface area contributed by atoms with Gasteiger partial charge in [0.25, 0.3) is 0 Å². The van der Waals surface area contributed by atoms with Crippen LogP contribution in [0.1, 0.15) is 59.8 Å². The van der Waals surface area contributed by atoms with E-state index in [1.54, 1.807) is 6.08 Å². The van der Waals surface area contributed by atoms with Crippen molar-refractivity contribution < 1.29 is 14.3 Å². The number of hydrogen-bond acceptors (Lipinski definition) is 3. The van der Waals surface area contributed by atoms with Gasteiger partial charge < -0.3 is 9.47 Å². The molecule has 3 fully saturated rings. The summed E-state index contributed by atoms with van der Waals surface area (Å²) in [5.41, 5.74) is 0.0421. The van der Waals surface area contributed by atoms with Crippen LogP contribution in [0.3, 0.4) is 0 Å². The van der Waals surface area contributed by atoms with Gasteiger partial charge in [-0.15, -0.1) is 0 Å². The Bertz CT molecular complexity index is 497. The summed E-state index contributed by atoms with van der Waals surface area (Å²) in [6.07, 6.45) is 7.33. The van der Waals surface area contributed by atoms with Crippen LogP contribution in [-0.4, -0.2) is 18.7 Å². The van der Waals surface area contributed by atoms with Crippen molar-refractivity contribution in [1.82, 2.24) is 0 Å². The van der Waals surface area contributed by atoms with Crippen LogP contribution in [0.4, 0.5) is 0 Å². The highest BCUT2D eigenvalue weighted by atomic mass is 16.5. The Morgan fingerprint density at radius 3 is 2.50 bits per heavy atom. The lowest BCUT2D eigenvalue weighted by Crippen LogP contribution is -2.57. The summed E-state index contributed by atoms with van der Waals surface area (Å²) in [5.74, 6) is 3.46. The van der Waals surface area contributed by atoms with Crippen LogP contribution in [0.5, 0.6) is 0 Å². The van der Waals surface area contributed by atoms with E-state index in [9.17, 15) is 4.79 Å². The molecule has 3 heteroatoms. The van der Waals surface area contributed by atoms with E-state index in [1.165, 1.54) is 20.0 Å². The third kappa shape index (κ3) is 1.66. The van der Waals surface area contributed by atoms with E-state index in [1.807, 2.05) is 0 Å². The lowest BCUT2D eigenvalue weighted by Gasteiger charge is -2.58. The molecule has 0 aromatic heterocycles. The average Bonchev–Trinajstić information content (AvgIpc) is 2.90. The Labute approximate surface area is 134 Å². The number of ether oxygens (including phenoxy) is 2. The van der Waals surface area contributed by atoms with Crippen molar-refractivity contribution in [2.45, 2.75) is 65.4 Å². The van der Waals surface area contributed by atoms with Crippen molar-refractivity contribution in [3.63, 3.8) is 0 Å². The summed E-state index contributed by atoms with van der Waals surface area (Å²) >= 11 is 0. The first-order chi connectivity index (χ1) is 10.5. The molecule has 0 spiro atoms. The van der Waals surface area contributed by atoms with E-state index in [0.717, 1.165) is 36.9 Å². The number of carbonyl (C=O) groups excluding carboxylic acids is 1. The topological polar surface area (TPSA) is 35.5 Å². The number of allylic oxidation sites excluding steroid dienone is 1. The maximum atomic E-state index is 11.8. The first-order valence-corrected chi connectivity index (χ1v) is 9.03. The maximum absolute atomic E-state index is 11.8. The quantitative estimate of drug-likeness (QED) is 0.560. The van der Waals surface area contributed by atoms with Gasteiger partial charge in [-0.2, -0.15) is 0 Å². The normalized spacial score (nSPS) is 47.0. The standard InChI is InChI=1S/C19H30O3/c1-6-12-11-18(8-3)17-16(12)13(7-2)19(17,9-4)14(22-18)10-15(20)21-5/h10,12-13,16-17H,6-9,11H2,1-5H3/b14-10-/t12-,13-,16-,17+,18-,19-/m1/s1. The van der Waals surface area contributed by atoms with E-state index in [-0.39, 0.29) is 17.0 Å². The molecule has 3 rings (SSSR count). The van der Waals surface area contributed by atoms with Gasteiger partial charge in [-0.25, -0.2) is 4.79 Å². The van der Waals surface area contributed by atoms with Gasteiger partial charge in [-0.3, -0.25) is 0 Å². The minimum Gasteiger partial charge on any atom is -0.490 e. The highest BCUT2D eigenvalue weighted by Crippen LogP contribution is 2.78. The van der Waals surface area contributed by atoms with Crippen molar-refractivity contribution in [2.24, 2.45) is 29.1 Å². The molecule has 1 aliphatic heterocycles. The van der Waals surface area contributed by atoms with Gasteiger partial charge in [0.05, 0.1) is 13.2 Å². The second kappa shape index (κ2) is 5.28. The van der Waals surface area contributed by atoms with Crippen LogP contribution in [-0.2, 0) is 14.3 Å². The maximum Gasteiger partial charge on any atom is 0.333 e. The molecule has 0 amide bonds. The zero-order chi connectivity index (χ0) is 16.1. The molecule has 6 atom stereocenters. The molecular formula is C19H30O3. The fraction of sp³-hybridized carbons (Fsp3) is 0.842. The second-order valence-corrected chi connectivity index (χ2v) is 7.39. The molecule has 0 aromatic carbocycles. The van der Waals surface area contributed by atoms with E-state index in [0.29, 0.717) is 11.8 Å². The van der Waals surface area contributed by atoms with Gasteiger partial charge in [0.1, 0.15) is 11.4 Å². The van der Waals surface area contributed by atoms with Gasteiger partial charge in [-0.05, 0) is 37.0 Å². The molecule has 0 N–H and O–H groups in total. The fourth-order valence-corrected chi connectivity index (χ4v) is 6.39. The summed E-state index contributed by atoms with van der Waals surface area (Å²) in [4.78, 5) is 11.8. The summed E-state index contributed by atoms with van der Waals surface area (Å²) in [7, 11) is 1.44. The highest BCUT2D eigenvalue weighted by molar-refractivity contribution is 5.82. The lowest BCUT2D eigenvalue weighted by molar-refractivity contribution is -0.135.